The Balaban J connectivity index is 2.17. The van der Waals surface area contributed by atoms with Gasteiger partial charge in [-0.25, -0.2) is 4.39 Å². The highest BCUT2D eigenvalue weighted by atomic mass is 19.1. The first-order valence-corrected chi connectivity index (χ1v) is 7.29. The quantitative estimate of drug-likeness (QED) is 0.887. The highest BCUT2D eigenvalue weighted by Crippen LogP contribution is 2.46. The molecule has 1 aromatic rings. The van der Waals surface area contributed by atoms with Crippen molar-refractivity contribution in [3.05, 3.63) is 34.7 Å². The molecule has 3 rings (SSSR count). The van der Waals surface area contributed by atoms with Crippen molar-refractivity contribution < 1.29 is 9.13 Å². The molecule has 108 valence electrons. The van der Waals surface area contributed by atoms with Gasteiger partial charge in [0.05, 0.1) is 5.82 Å². The monoisotopic (exact) mass is 276 g/mol. The molecule has 0 amide bonds. The molecule has 1 aromatic carbocycles. The minimum absolute atomic E-state index is 0.459. The fourth-order valence-corrected chi connectivity index (χ4v) is 3.52. The molecule has 1 atom stereocenters. The number of hydrogen-bond acceptors (Lipinski definition) is 3. The summed E-state index contributed by atoms with van der Waals surface area (Å²) < 4.78 is 18.9. The lowest BCUT2D eigenvalue weighted by molar-refractivity contribution is 0.0840. The van der Waals surface area contributed by atoms with E-state index in [0.717, 1.165) is 50.0 Å². The number of halogens is 1. The zero-order valence-corrected chi connectivity index (χ0v) is 11.9. The number of nitrogens with two attached hydrogens (primary N) is 1. The molecule has 0 bridgehead atoms. The Hall–Kier alpha value is -1.71. The molecule has 0 saturated heterocycles. The molecule has 0 spiro atoms. The average Bonchev–Trinajstić information content (AvgIpc) is 3.01. The van der Waals surface area contributed by atoms with Crippen LogP contribution in [0.2, 0.25) is 0 Å². The summed E-state index contributed by atoms with van der Waals surface area (Å²) in [4.78, 5) is 0. The maximum absolute atomic E-state index is 13.4. The van der Waals surface area contributed by atoms with Gasteiger partial charge in [-0.3, -0.25) is 0 Å². The Morgan fingerprint density at radius 3 is 2.10 bits per heavy atom. The third-order valence-corrected chi connectivity index (χ3v) is 4.15. The summed E-state index contributed by atoms with van der Waals surface area (Å²) in [7, 11) is 0. The van der Waals surface area contributed by atoms with E-state index < -0.39 is 6.36 Å². The smallest absolute Gasteiger partial charge is 0.235 e. The fraction of sp³-hybridized carbons (Fsp3) is 0.500. The highest BCUT2D eigenvalue weighted by Gasteiger charge is 2.30. The second-order valence-corrected chi connectivity index (χ2v) is 5.64. The predicted octanol–water partition coefficient (Wildman–Crippen LogP) is 3.20. The van der Waals surface area contributed by atoms with Crippen molar-refractivity contribution >= 4 is 5.69 Å². The number of anilines is 1. The minimum atomic E-state index is -1.27. The van der Waals surface area contributed by atoms with Crippen molar-refractivity contribution in [2.24, 2.45) is 5.73 Å². The summed E-state index contributed by atoms with van der Waals surface area (Å²) >= 11 is 0. The summed E-state index contributed by atoms with van der Waals surface area (Å²) in [5.74, 6) is 1.26. The van der Waals surface area contributed by atoms with Crippen LogP contribution >= 0.6 is 0 Å². The number of fused-ring (bicyclic) bond motifs is 2. The van der Waals surface area contributed by atoms with Gasteiger partial charge in [-0.15, -0.1) is 0 Å². The van der Waals surface area contributed by atoms with Crippen LogP contribution in [0.1, 0.15) is 42.0 Å². The maximum atomic E-state index is 13.4. The van der Waals surface area contributed by atoms with Gasteiger partial charge in [0, 0.05) is 12.6 Å². The van der Waals surface area contributed by atoms with Crippen molar-refractivity contribution in [1.29, 1.82) is 0 Å². The van der Waals surface area contributed by atoms with E-state index in [4.69, 9.17) is 10.5 Å². The van der Waals surface area contributed by atoms with Gasteiger partial charge >= 0.3 is 0 Å². The SMILES string of the molecule is C=C(N)Nc1c2c(c(OC(C)F)c3c1CCC3)CCC2. The van der Waals surface area contributed by atoms with Gasteiger partial charge < -0.3 is 15.8 Å². The lowest BCUT2D eigenvalue weighted by Gasteiger charge is -2.21. The van der Waals surface area contributed by atoms with Crippen molar-refractivity contribution in [3.8, 4) is 5.75 Å². The second kappa shape index (κ2) is 5.00. The molecule has 1 unspecified atom stereocenters. The van der Waals surface area contributed by atoms with Crippen LogP contribution in [0.25, 0.3) is 0 Å². The lowest BCUT2D eigenvalue weighted by Crippen LogP contribution is -2.14. The summed E-state index contributed by atoms with van der Waals surface area (Å²) in [5, 5.41) is 3.22. The molecule has 3 nitrogen and oxygen atoms in total. The van der Waals surface area contributed by atoms with Crippen LogP contribution in [-0.2, 0) is 25.7 Å². The first kappa shape index (κ1) is 13.3. The summed E-state index contributed by atoms with van der Waals surface area (Å²) in [5.41, 5.74) is 11.7. The zero-order chi connectivity index (χ0) is 14.3. The molecule has 20 heavy (non-hydrogen) atoms. The van der Waals surface area contributed by atoms with Crippen LogP contribution in [0.3, 0.4) is 0 Å². The highest BCUT2D eigenvalue weighted by molar-refractivity contribution is 5.72. The topological polar surface area (TPSA) is 47.3 Å². The molecule has 0 aromatic heterocycles. The van der Waals surface area contributed by atoms with Gasteiger partial charge in [-0.1, -0.05) is 6.58 Å². The van der Waals surface area contributed by atoms with E-state index in [1.807, 2.05) is 0 Å². The average molecular weight is 276 g/mol. The van der Waals surface area contributed by atoms with Gasteiger partial charge in [-0.05, 0) is 60.8 Å². The van der Waals surface area contributed by atoms with E-state index in [0.29, 0.717) is 5.82 Å². The van der Waals surface area contributed by atoms with Crippen LogP contribution in [-0.4, -0.2) is 6.36 Å². The van der Waals surface area contributed by atoms with Crippen molar-refractivity contribution in [2.75, 3.05) is 5.32 Å². The second-order valence-electron chi connectivity index (χ2n) is 5.64. The Morgan fingerprint density at radius 1 is 1.15 bits per heavy atom. The number of alkyl halides is 1. The molecule has 0 radical (unpaired) electrons. The summed E-state index contributed by atoms with van der Waals surface area (Å²) in [6, 6.07) is 0. The van der Waals surface area contributed by atoms with Crippen molar-refractivity contribution in [3.63, 3.8) is 0 Å². The van der Waals surface area contributed by atoms with Gasteiger partial charge in [0.2, 0.25) is 6.36 Å². The van der Waals surface area contributed by atoms with Gasteiger partial charge in [0.25, 0.3) is 0 Å². The molecule has 0 saturated carbocycles. The minimum Gasteiger partial charge on any atom is -0.460 e. The van der Waals surface area contributed by atoms with E-state index in [9.17, 15) is 4.39 Å². The maximum Gasteiger partial charge on any atom is 0.235 e. The first-order chi connectivity index (χ1) is 9.58. The van der Waals surface area contributed by atoms with Crippen LogP contribution < -0.4 is 15.8 Å². The van der Waals surface area contributed by atoms with E-state index in [-0.39, 0.29) is 0 Å². The standard InChI is InChI=1S/C16H21FN2O/c1-9(17)20-16-13-7-3-5-11(13)15(19-10(2)18)12-6-4-8-14(12)16/h9,19H,2-8,18H2,1H3. The van der Waals surface area contributed by atoms with Crippen molar-refractivity contribution in [1.82, 2.24) is 0 Å². The van der Waals surface area contributed by atoms with E-state index in [1.165, 1.54) is 29.2 Å². The van der Waals surface area contributed by atoms with Gasteiger partial charge in [-0.2, -0.15) is 0 Å². The molecular weight excluding hydrogens is 255 g/mol. The Bertz CT molecular complexity index is 531. The predicted molar refractivity (Wildman–Crippen MR) is 78.6 cm³/mol. The summed E-state index contributed by atoms with van der Waals surface area (Å²) in [6.45, 7) is 5.19. The number of hydrogen-bond donors (Lipinski definition) is 2. The molecule has 2 aliphatic carbocycles. The Labute approximate surface area is 119 Å². The summed E-state index contributed by atoms with van der Waals surface area (Å²) in [6.07, 6.45) is 4.80. The third-order valence-electron chi connectivity index (χ3n) is 4.15. The zero-order valence-electron chi connectivity index (χ0n) is 11.9. The molecule has 0 fully saturated rings. The van der Waals surface area contributed by atoms with Crippen LogP contribution in [0.5, 0.6) is 5.75 Å². The molecule has 4 heteroatoms. The van der Waals surface area contributed by atoms with Crippen LogP contribution in [0.4, 0.5) is 10.1 Å². The van der Waals surface area contributed by atoms with Crippen LogP contribution in [0, 0.1) is 0 Å². The number of nitrogens with one attached hydrogen (secondary N) is 1. The largest absolute Gasteiger partial charge is 0.460 e. The molecule has 3 N–H and O–H groups in total. The molecule has 2 aliphatic rings. The number of benzene rings is 1. The Morgan fingerprint density at radius 2 is 1.65 bits per heavy atom. The lowest BCUT2D eigenvalue weighted by atomic mass is 9.97. The van der Waals surface area contributed by atoms with Gasteiger partial charge in [0.15, 0.2) is 0 Å². The third kappa shape index (κ3) is 2.13. The fourth-order valence-electron chi connectivity index (χ4n) is 3.52. The van der Waals surface area contributed by atoms with Gasteiger partial charge in [0.1, 0.15) is 5.75 Å². The normalized spacial score (nSPS) is 17.5. The van der Waals surface area contributed by atoms with Crippen LogP contribution in [0.15, 0.2) is 12.4 Å². The number of rotatable bonds is 4. The number of ether oxygens (including phenoxy) is 1. The molecule has 0 heterocycles. The van der Waals surface area contributed by atoms with E-state index in [2.05, 4.69) is 11.9 Å². The first-order valence-electron chi connectivity index (χ1n) is 7.29. The van der Waals surface area contributed by atoms with Crippen molar-refractivity contribution in [2.45, 2.75) is 51.8 Å². The molecule has 0 aliphatic heterocycles. The van der Waals surface area contributed by atoms with E-state index >= 15 is 0 Å². The van der Waals surface area contributed by atoms with E-state index in [1.54, 1.807) is 0 Å². The Kier molecular flexibility index (Phi) is 3.32. The molecular formula is C16H21FN2O.